The van der Waals surface area contributed by atoms with Crippen molar-refractivity contribution in [2.45, 2.75) is 33.1 Å². The van der Waals surface area contributed by atoms with Crippen LogP contribution in [0.25, 0.3) is 10.9 Å². The first-order chi connectivity index (χ1) is 10.9. The minimum Gasteiger partial charge on any atom is -0.396 e. The molecule has 2 aromatic rings. The van der Waals surface area contributed by atoms with Crippen molar-refractivity contribution in [3.05, 3.63) is 46.2 Å². The Labute approximate surface area is 135 Å². The third kappa shape index (κ3) is 4.93. The van der Waals surface area contributed by atoms with E-state index in [-0.39, 0.29) is 29.9 Å². The third-order valence-electron chi connectivity index (χ3n) is 3.96. The number of pyridine rings is 1. The SMILES string of the molecule is CC(C)(CO)CCCNC(=O)Cc1cc2ccccc2[nH]c1=O. The molecular weight excluding hydrogens is 292 g/mol. The molecule has 23 heavy (non-hydrogen) atoms. The molecule has 5 nitrogen and oxygen atoms in total. The first-order valence-electron chi connectivity index (χ1n) is 7.90. The highest BCUT2D eigenvalue weighted by atomic mass is 16.3. The fraction of sp³-hybridized carbons (Fsp3) is 0.444. The van der Waals surface area contributed by atoms with Gasteiger partial charge in [0.15, 0.2) is 0 Å². The van der Waals surface area contributed by atoms with Crippen LogP contribution >= 0.6 is 0 Å². The highest BCUT2D eigenvalue weighted by Gasteiger charge is 2.15. The molecular formula is C18H24N2O3. The lowest BCUT2D eigenvalue weighted by atomic mass is 9.89. The van der Waals surface area contributed by atoms with Crippen LogP contribution in [0.1, 0.15) is 32.3 Å². The number of aliphatic hydroxyl groups excluding tert-OH is 1. The lowest BCUT2D eigenvalue weighted by Gasteiger charge is -2.21. The Morgan fingerprint density at radius 2 is 2.04 bits per heavy atom. The highest BCUT2D eigenvalue weighted by molar-refractivity contribution is 5.82. The summed E-state index contributed by atoms with van der Waals surface area (Å²) in [6.45, 7) is 4.66. The summed E-state index contributed by atoms with van der Waals surface area (Å²) >= 11 is 0. The average Bonchev–Trinajstić information content (AvgIpc) is 2.52. The molecule has 0 atom stereocenters. The summed E-state index contributed by atoms with van der Waals surface area (Å²) in [6.07, 6.45) is 1.71. The number of benzene rings is 1. The Morgan fingerprint density at radius 3 is 2.78 bits per heavy atom. The summed E-state index contributed by atoms with van der Waals surface area (Å²) in [5.74, 6) is -0.160. The molecule has 1 amide bonds. The van der Waals surface area contributed by atoms with Crippen LogP contribution in [0.3, 0.4) is 0 Å². The maximum atomic E-state index is 12.0. The van der Waals surface area contributed by atoms with Crippen LogP contribution < -0.4 is 10.9 Å². The number of hydrogen-bond donors (Lipinski definition) is 3. The van der Waals surface area contributed by atoms with Gasteiger partial charge in [0.05, 0.1) is 6.42 Å². The number of H-pyrrole nitrogens is 1. The van der Waals surface area contributed by atoms with Gasteiger partial charge in [-0.3, -0.25) is 9.59 Å². The number of fused-ring (bicyclic) bond motifs is 1. The average molecular weight is 316 g/mol. The topological polar surface area (TPSA) is 82.2 Å². The van der Waals surface area contributed by atoms with Gasteiger partial charge in [0.2, 0.25) is 5.91 Å². The smallest absolute Gasteiger partial charge is 0.252 e. The lowest BCUT2D eigenvalue weighted by Crippen LogP contribution is -2.29. The number of amides is 1. The van der Waals surface area contributed by atoms with Crippen LogP contribution in [-0.2, 0) is 11.2 Å². The van der Waals surface area contributed by atoms with Crippen LogP contribution in [0.2, 0.25) is 0 Å². The molecule has 0 spiro atoms. The van der Waals surface area contributed by atoms with Gasteiger partial charge in [0, 0.05) is 24.2 Å². The van der Waals surface area contributed by atoms with Gasteiger partial charge in [-0.25, -0.2) is 0 Å². The first kappa shape index (κ1) is 17.2. The molecule has 0 aliphatic rings. The maximum Gasteiger partial charge on any atom is 0.252 e. The number of aromatic amines is 1. The predicted octanol–water partition coefficient (Wildman–Crippen LogP) is 1.99. The van der Waals surface area contributed by atoms with Gasteiger partial charge in [-0.1, -0.05) is 32.0 Å². The number of hydrogen-bond acceptors (Lipinski definition) is 3. The molecule has 0 fully saturated rings. The van der Waals surface area contributed by atoms with Crippen LogP contribution in [0.15, 0.2) is 35.1 Å². The number of rotatable bonds is 7. The standard InChI is InChI=1S/C18H24N2O3/c1-18(2,12-21)8-5-9-19-16(22)11-14-10-13-6-3-4-7-15(13)20-17(14)23/h3-4,6-7,10,21H,5,8-9,11-12H2,1-2H3,(H,19,22)(H,20,23). The zero-order chi connectivity index (χ0) is 16.9. The van der Waals surface area contributed by atoms with Crippen LogP contribution in [0.4, 0.5) is 0 Å². The van der Waals surface area contributed by atoms with Gasteiger partial charge in [-0.2, -0.15) is 0 Å². The van der Waals surface area contributed by atoms with Crippen LogP contribution in [0, 0.1) is 5.41 Å². The van der Waals surface area contributed by atoms with Gasteiger partial charge < -0.3 is 15.4 Å². The Hall–Kier alpha value is -2.14. The number of nitrogens with one attached hydrogen (secondary N) is 2. The summed E-state index contributed by atoms with van der Waals surface area (Å²) in [7, 11) is 0. The van der Waals surface area contributed by atoms with Gasteiger partial charge in [0.1, 0.15) is 0 Å². The number of para-hydroxylation sites is 1. The quantitative estimate of drug-likeness (QED) is 0.683. The van der Waals surface area contributed by atoms with E-state index in [0.717, 1.165) is 23.7 Å². The molecule has 0 radical (unpaired) electrons. The molecule has 0 aliphatic carbocycles. The maximum absolute atomic E-state index is 12.0. The molecule has 2 rings (SSSR count). The molecule has 0 saturated carbocycles. The van der Waals surface area contributed by atoms with E-state index in [9.17, 15) is 14.7 Å². The van der Waals surface area contributed by atoms with E-state index in [2.05, 4.69) is 10.3 Å². The van der Waals surface area contributed by atoms with E-state index in [0.29, 0.717) is 12.1 Å². The van der Waals surface area contributed by atoms with E-state index in [1.807, 2.05) is 38.1 Å². The molecule has 0 saturated heterocycles. The second kappa shape index (κ2) is 7.42. The Bertz CT molecular complexity index is 734. The van der Waals surface area contributed by atoms with Gasteiger partial charge in [0.25, 0.3) is 5.56 Å². The third-order valence-corrected chi connectivity index (χ3v) is 3.96. The van der Waals surface area contributed by atoms with Crippen LogP contribution in [-0.4, -0.2) is 29.1 Å². The van der Waals surface area contributed by atoms with E-state index >= 15 is 0 Å². The number of carbonyl (C=O) groups excluding carboxylic acids is 1. The van der Waals surface area contributed by atoms with Gasteiger partial charge in [-0.05, 0) is 35.8 Å². The molecule has 5 heteroatoms. The first-order valence-corrected chi connectivity index (χ1v) is 7.90. The zero-order valence-electron chi connectivity index (χ0n) is 13.7. The van der Waals surface area contributed by atoms with E-state index < -0.39 is 0 Å². The molecule has 1 aromatic carbocycles. The summed E-state index contributed by atoms with van der Waals surface area (Å²) < 4.78 is 0. The summed E-state index contributed by atoms with van der Waals surface area (Å²) in [5.41, 5.74) is 0.894. The summed E-state index contributed by atoms with van der Waals surface area (Å²) in [4.78, 5) is 26.8. The van der Waals surface area contributed by atoms with Crippen molar-refractivity contribution in [2.24, 2.45) is 5.41 Å². The fourth-order valence-electron chi connectivity index (χ4n) is 2.43. The van der Waals surface area contributed by atoms with Crippen molar-refractivity contribution in [2.75, 3.05) is 13.2 Å². The molecule has 124 valence electrons. The van der Waals surface area contributed by atoms with E-state index in [1.54, 1.807) is 6.07 Å². The predicted molar refractivity (Wildman–Crippen MR) is 91.4 cm³/mol. The van der Waals surface area contributed by atoms with Gasteiger partial charge >= 0.3 is 0 Å². The molecule has 1 aromatic heterocycles. The number of aromatic nitrogens is 1. The second-order valence-corrected chi connectivity index (χ2v) is 6.66. The summed E-state index contributed by atoms with van der Waals surface area (Å²) in [5, 5.41) is 12.9. The molecule has 0 bridgehead atoms. The Morgan fingerprint density at radius 1 is 1.30 bits per heavy atom. The zero-order valence-corrected chi connectivity index (χ0v) is 13.7. The highest BCUT2D eigenvalue weighted by Crippen LogP contribution is 2.20. The molecule has 1 heterocycles. The Balaban J connectivity index is 1.90. The number of carbonyl (C=O) groups is 1. The normalized spacial score (nSPS) is 11.6. The van der Waals surface area contributed by atoms with Crippen molar-refractivity contribution in [1.82, 2.24) is 10.3 Å². The minimum absolute atomic E-state index is 0.0730. The molecule has 3 N–H and O–H groups in total. The fourth-order valence-corrected chi connectivity index (χ4v) is 2.43. The largest absolute Gasteiger partial charge is 0.396 e. The van der Waals surface area contributed by atoms with Crippen molar-refractivity contribution in [1.29, 1.82) is 0 Å². The number of aliphatic hydroxyl groups is 1. The lowest BCUT2D eigenvalue weighted by molar-refractivity contribution is -0.120. The minimum atomic E-state index is -0.222. The van der Waals surface area contributed by atoms with Crippen molar-refractivity contribution in [3.8, 4) is 0 Å². The van der Waals surface area contributed by atoms with Crippen molar-refractivity contribution in [3.63, 3.8) is 0 Å². The Kier molecular flexibility index (Phi) is 5.55. The summed E-state index contributed by atoms with van der Waals surface area (Å²) in [6, 6.07) is 9.27. The van der Waals surface area contributed by atoms with Gasteiger partial charge in [-0.15, -0.1) is 0 Å². The van der Waals surface area contributed by atoms with E-state index in [4.69, 9.17) is 0 Å². The second-order valence-electron chi connectivity index (χ2n) is 6.66. The monoisotopic (exact) mass is 316 g/mol. The molecule has 0 aliphatic heterocycles. The van der Waals surface area contributed by atoms with E-state index in [1.165, 1.54) is 0 Å². The molecule has 0 unspecified atom stereocenters. The van der Waals surface area contributed by atoms with Crippen LogP contribution in [0.5, 0.6) is 0 Å². The van der Waals surface area contributed by atoms with Crippen molar-refractivity contribution >= 4 is 16.8 Å². The van der Waals surface area contributed by atoms with Crippen molar-refractivity contribution < 1.29 is 9.90 Å².